The van der Waals surface area contributed by atoms with Crippen LogP contribution in [0.4, 0.5) is 4.79 Å². The van der Waals surface area contributed by atoms with Gasteiger partial charge in [-0.05, 0) is 51.4 Å². The van der Waals surface area contributed by atoms with Gasteiger partial charge in [0.2, 0.25) is 5.88 Å². The van der Waals surface area contributed by atoms with E-state index in [1.54, 1.807) is 4.90 Å². The molecule has 1 atom stereocenters. The Labute approximate surface area is 222 Å². The lowest BCUT2D eigenvalue weighted by Crippen LogP contribution is -2.52. The van der Waals surface area contributed by atoms with Crippen LogP contribution in [0.3, 0.4) is 0 Å². The number of imide groups is 1. The van der Waals surface area contributed by atoms with E-state index in [1.807, 2.05) is 13.8 Å². The Morgan fingerprint density at radius 1 is 1.13 bits per heavy atom. The van der Waals surface area contributed by atoms with Gasteiger partial charge < -0.3 is 20.5 Å². The number of rotatable bonds is 9. The number of aromatic nitrogens is 2. The highest BCUT2D eigenvalue weighted by Crippen LogP contribution is 2.40. The monoisotopic (exact) mass is 532 g/mol. The molecule has 3 heterocycles. The first-order valence-electron chi connectivity index (χ1n) is 13.5. The minimum absolute atomic E-state index is 0.112. The van der Waals surface area contributed by atoms with E-state index < -0.39 is 22.7 Å². The summed E-state index contributed by atoms with van der Waals surface area (Å²) in [6.07, 6.45) is 4.50. The zero-order chi connectivity index (χ0) is 27.8. The zero-order valence-corrected chi connectivity index (χ0v) is 22.8. The van der Waals surface area contributed by atoms with Crippen LogP contribution in [0.1, 0.15) is 70.4 Å². The number of nitrogens with two attached hydrogens (primary N) is 1. The number of carbonyl (C=O) groups excluding carboxylic acids is 2. The van der Waals surface area contributed by atoms with E-state index in [0.717, 1.165) is 6.42 Å². The fourth-order valence-corrected chi connectivity index (χ4v) is 6.08. The summed E-state index contributed by atoms with van der Waals surface area (Å²) in [5, 5.41) is 10.7. The van der Waals surface area contributed by atoms with Gasteiger partial charge in [-0.25, -0.2) is 9.59 Å². The second kappa shape index (κ2) is 10.9. The van der Waals surface area contributed by atoms with Crippen LogP contribution in [0.2, 0.25) is 0 Å². The number of aromatic hydroxyl groups is 1. The summed E-state index contributed by atoms with van der Waals surface area (Å²) in [5.41, 5.74) is 3.70. The number of carbonyl (C=O) groups is 2. The maximum absolute atomic E-state index is 13.4. The lowest BCUT2D eigenvalue weighted by molar-refractivity contribution is -0.133. The van der Waals surface area contributed by atoms with Gasteiger partial charge in [0.05, 0.1) is 13.2 Å². The molecule has 1 saturated carbocycles. The van der Waals surface area contributed by atoms with Crippen molar-refractivity contribution in [2.45, 2.75) is 76.9 Å². The third-order valence-electron chi connectivity index (χ3n) is 8.48. The Bertz CT molecular complexity index is 1230. The van der Waals surface area contributed by atoms with Crippen LogP contribution in [0.25, 0.3) is 0 Å². The Morgan fingerprint density at radius 2 is 1.79 bits per heavy atom. The number of hydrogen-bond donors (Lipinski definition) is 2. The summed E-state index contributed by atoms with van der Waals surface area (Å²) in [4.78, 5) is 59.6. The van der Waals surface area contributed by atoms with Crippen LogP contribution in [-0.4, -0.2) is 81.2 Å². The minimum atomic E-state index is -0.930. The van der Waals surface area contributed by atoms with Crippen molar-refractivity contribution in [1.82, 2.24) is 18.9 Å². The summed E-state index contributed by atoms with van der Waals surface area (Å²) in [6, 6.07) is -0.633. The summed E-state index contributed by atoms with van der Waals surface area (Å²) < 4.78 is 7.71. The minimum Gasteiger partial charge on any atom is -0.494 e. The lowest BCUT2D eigenvalue weighted by atomic mass is 9.77. The van der Waals surface area contributed by atoms with Gasteiger partial charge in [0.15, 0.2) is 0 Å². The van der Waals surface area contributed by atoms with Crippen LogP contribution >= 0.6 is 0 Å². The van der Waals surface area contributed by atoms with E-state index in [0.29, 0.717) is 58.3 Å². The summed E-state index contributed by atoms with van der Waals surface area (Å²) in [7, 11) is 2.96. The van der Waals surface area contributed by atoms with Crippen molar-refractivity contribution >= 4 is 17.8 Å². The van der Waals surface area contributed by atoms with Crippen LogP contribution in [0.15, 0.2) is 14.6 Å². The van der Waals surface area contributed by atoms with Crippen molar-refractivity contribution in [3.8, 4) is 5.88 Å². The van der Waals surface area contributed by atoms with Gasteiger partial charge in [0.1, 0.15) is 16.9 Å². The van der Waals surface area contributed by atoms with Crippen molar-refractivity contribution in [2.75, 3.05) is 33.9 Å². The Morgan fingerprint density at radius 3 is 2.34 bits per heavy atom. The summed E-state index contributed by atoms with van der Waals surface area (Å²) >= 11 is 0. The predicted octanol–water partition coefficient (Wildman–Crippen LogP) is 1.27. The number of aliphatic imine (C=N–C) groups is 1. The highest BCUT2D eigenvalue weighted by molar-refractivity contribution is 6.06. The molecule has 3 fully saturated rings. The summed E-state index contributed by atoms with van der Waals surface area (Å²) in [5.74, 6) is -0.370. The Kier molecular flexibility index (Phi) is 8.01. The number of hydrogen-bond acceptors (Lipinski definition) is 7. The van der Waals surface area contributed by atoms with Gasteiger partial charge >= 0.3 is 11.7 Å². The van der Waals surface area contributed by atoms with Crippen LogP contribution < -0.4 is 17.0 Å². The van der Waals surface area contributed by atoms with Gasteiger partial charge in [-0.3, -0.25) is 28.6 Å². The maximum Gasteiger partial charge on any atom is 0.334 e. The molecule has 0 radical (unpaired) electrons. The number of amidine groups is 1. The van der Waals surface area contributed by atoms with Crippen molar-refractivity contribution < 1.29 is 19.4 Å². The van der Waals surface area contributed by atoms with E-state index in [2.05, 4.69) is 4.99 Å². The highest BCUT2D eigenvalue weighted by Gasteiger charge is 2.54. The average molecular weight is 533 g/mol. The fraction of sp³-hybridized carbons (Fsp3) is 0.731. The Balaban J connectivity index is 1.56. The second-order valence-corrected chi connectivity index (χ2v) is 11.1. The standard InChI is InChI=1S/C26H40N6O6/c1-5-6-11-30-21(33)19(20(27)28-3)22(34)32(25(30)37)18-9-7-16(8-10-18)12-26(2)23(35)29(4)24(36)31(26)13-17-14-38-15-17/h16-18,33H,5-15H2,1-4H3,(H2,27,28)/t16?,18?,26-/m1/s1. The molecule has 0 bridgehead atoms. The molecular formula is C26H40N6O6. The van der Waals surface area contributed by atoms with Gasteiger partial charge in [-0.15, -0.1) is 0 Å². The normalized spacial score (nSPS) is 26.8. The van der Waals surface area contributed by atoms with Crippen molar-refractivity contribution in [3.63, 3.8) is 0 Å². The molecule has 12 heteroatoms. The molecule has 0 spiro atoms. The summed E-state index contributed by atoms with van der Waals surface area (Å²) in [6.45, 7) is 5.77. The van der Waals surface area contributed by atoms with Gasteiger partial charge in [0.25, 0.3) is 11.5 Å². The molecule has 4 rings (SSSR count). The molecule has 0 aromatic carbocycles. The Hall–Kier alpha value is -3.15. The van der Waals surface area contributed by atoms with Crippen molar-refractivity contribution in [2.24, 2.45) is 22.6 Å². The number of nitrogens with zero attached hydrogens (tertiary/aromatic N) is 5. The lowest BCUT2D eigenvalue weighted by Gasteiger charge is -2.40. The molecule has 1 aromatic heterocycles. The molecule has 0 unspecified atom stereocenters. The molecule has 38 heavy (non-hydrogen) atoms. The first-order valence-corrected chi connectivity index (χ1v) is 13.5. The maximum atomic E-state index is 13.4. The molecule has 1 aliphatic carbocycles. The van der Waals surface area contributed by atoms with Crippen LogP contribution in [0.5, 0.6) is 5.88 Å². The van der Waals surface area contributed by atoms with Crippen LogP contribution in [0, 0.1) is 11.8 Å². The molecule has 2 saturated heterocycles. The third-order valence-corrected chi connectivity index (χ3v) is 8.48. The van der Waals surface area contributed by atoms with E-state index in [-0.39, 0.29) is 47.8 Å². The van der Waals surface area contributed by atoms with E-state index in [4.69, 9.17) is 10.5 Å². The highest BCUT2D eigenvalue weighted by atomic mass is 16.5. The number of likely N-dealkylation sites (N-methyl/N-ethyl adjacent to an activating group) is 1. The molecule has 12 nitrogen and oxygen atoms in total. The van der Waals surface area contributed by atoms with Gasteiger partial charge in [-0.2, -0.15) is 0 Å². The zero-order valence-electron chi connectivity index (χ0n) is 22.8. The number of ether oxygens (including phenoxy) is 1. The quantitative estimate of drug-likeness (QED) is 0.276. The molecule has 1 aromatic rings. The topological polar surface area (TPSA) is 152 Å². The smallest absolute Gasteiger partial charge is 0.334 e. The largest absolute Gasteiger partial charge is 0.494 e. The number of amides is 3. The van der Waals surface area contributed by atoms with Crippen molar-refractivity contribution in [3.05, 3.63) is 26.4 Å². The van der Waals surface area contributed by atoms with Gasteiger partial charge in [0, 0.05) is 39.1 Å². The average Bonchev–Trinajstić information content (AvgIpc) is 3.01. The fourth-order valence-electron chi connectivity index (χ4n) is 6.08. The molecule has 3 amide bonds. The molecule has 3 N–H and O–H groups in total. The first-order chi connectivity index (χ1) is 18.0. The number of urea groups is 1. The number of unbranched alkanes of at least 4 members (excludes halogenated alkanes) is 1. The molecule has 2 aliphatic heterocycles. The van der Waals surface area contributed by atoms with E-state index in [1.165, 1.54) is 28.1 Å². The van der Waals surface area contributed by atoms with E-state index in [9.17, 15) is 24.3 Å². The van der Waals surface area contributed by atoms with Crippen molar-refractivity contribution in [1.29, 1.82) is 0 Å². The second-order valence-electron chi connectivity index (χ2n) is 11.1. The first kappa shape index (κ1) is 27.9. The third kappa shape index (κ3) is 4.74. The van der Waals surface area contributed by atoms with Gasteiger partial charge in [-0.1, -0.05) is 13.3 Å². The molecule has 3 aliphatic rings. The van der Waals surface area contributed by atoms with E-state index >= 15 is 0 Å². The molecular weight excluding hydrogens is 492 g/mol. The van der Waals surface area contributed by atoms with Crippen LogP contribution in [-0.2, 0) is 16.1 Å². The predicted molar refractivity (Wildman–Crippen MR) is 141 cm³/mol. The SMILES string of the molecule is CCCCn1c(O)c(C(N)=NC)c(=O)n(C2CCC(C[C@]3(C)C(=O)N(C)C(=O)N3CC3COC3)CC2)c1=O. The molecule has 210 valence electrons.